The fourth-order valence-electron chi connectivity index (χ4n) is 2.59. The molecule has 28 heavy (non-hydrogen) atoms. The number of anilines is 1. The lowest BCUT2D eigenvalue weighted by molar-refractivity contribution is -0.113. The number of rotatable bonds is 7. The van der Waals surface area contributed by atoms with E-state index in [1.165, 1.54) is 11.8 Å². The summed E-state index contributed by atoms with van der Waals surface area (Å²) in [5, 5.41) is 5.82. The van der Waals surface area contributed by atoms with Gasteiger partial charge in [0.15, 0.2) is 0 Å². The summed E-state index contributed by atoms with van der Waals surface area (Å²) in [4.78, 5) is 20.9. The molecule has 0 fully saturated rings. The molecule has 4 aromatic rings. The van der Waals surface area contributed by atoms with Crippen molar-refractivity contribution in [2.75, 3.05) is 11.1 Å². The topological polar surface area (TPSA) is 68.0 Å². The monoisotopic (exact) mass is 407 g/mol. The van der Waals surface area contributed by atoms with Crippen LogP contribution in [0.25, 0.3) is 22.0 Å². The van der Waals surface area contributed by atoms with Crippen LogP contribution >= 0.6 is 23.1 Å². The molecule has 0 aliphatic rings. The minimum absolute atomic E-state index is 0.0428. The molecule has 0 spiro atoms. The van der Waals surface area contributed by atoms with Crippen molar-refractivity contribution in [1.29, 1.82) is 0 Å². The summed E-state index contributed by atoms with van der Waals surface area (Å²) >= 11 is 3.09. The standard InChI is InChI=1S/C21H17N3O2S2/c25-19(23-17-8-6-16(7-9-17)21-22-10-11-28-21)14-27-13-18-12-26-20(24-18)15-4-2-1-3-5-15/h1-12H,13-14H2,(H,23,25). The third-order valence-corrected chi connectivity index (χ3v) is 5.69. The van der Waals surface area contributed by atoms with Crippen LogP contribution in [0.3, 0.4) is 0 Å². The maximum absolute atomic E-state index is 12.2. The van der Waals surface area contributed by atoms with Crippen LogP contribution in [-0.2, 0) is 10.5 Å². The van der Waals surface area contributed by atoms with Crippen molar-refractivity contribution in [2.24, 2.45) is 0 Å². The van der Waals surface area contributed by atoms with Crippen molar-refractivity contribution < 1.29 is 9.21 Å². The van der Waals surface area contributed by atoms with E-state index in [4.69, 9.17) is 4.42 Å². The molecule has 7 heteroatoms. The van der Waals surface area contributed by atoms with Crippen molar-refractivity contribution >= 4 is 34.7 Å². The molecule has 1 amide bonds. The Bertz CT molecular complexity index is 1030. The predicted molar refractivity (Wildman–Crippen MR) is 114 cm³/mol. The van der Waals surface area contributed by atoms with E-state index in [-0.39, 0.29) is 5.91 Å². The number of thiazole rings is 1. The Morgan fingerprint density at radius 3 is 2.64 bits per heavy atom. The highest BCUT2D eigenvalue weighted by molar-refractivity contribution is 7.99. The van der Waals surface area contributed by atoms with Crippen LogP contribution in [0.15, 0.2) is 76.9 Å². The molecular formula is C21H17N3O2S2. The normalized spacial score (nSPS) is 10.7. The highest BCUT2D eigenvalue weighted by Crippen LogP contribution is 2.24. The zero-order valence-corrected chi connectivity index (χ0v) is 16.5. The lowest BCUT2D eigenvalue weighted by Crippen LogP contribution is -2.14. The predicted octanol–water partition coefficient (Wildman–Crippen LogP) is 5.34. The summed E-state index contributed by atoms with van der Waals surface area (Å²) in [7, 11) is 0. The summed E-state index contributed by atoms with van der Waals surface area (Å²) in [5.41, 5.74) is 3.59. The molecule has 2 aromatic heterocycles. The minimum Gasteiger partial charge on any atom is -0.444 e. The smallest absolute Gasteiger partial charge is 0.234 e. The second-order valence-electron chi connectivity index (χ2n) is 5.97. The molecule has 4 rings (SSSR count). The Hall–Kier alpha value is -2.90. The van der Waals surface area contributed by atoms with Gasteiger partial charge in [-0.2, -0.15) is 0 Å². The van der Waals surface area contributed by atoms with E-state index in [1.807, 2.05) is 60.0 Å². The Labute approximate surface area is 170 Å². The summed E-state index contributed by atoms with van der Waals surface area (Å²) in [5.74, 6) is 1.52. The Kier molecular flexibility index (Phi) is 5.84. The first kappa shape index (κ1) is 18.5. The first-order valence-corrected chi connectivity index (χ1v) is 10.7. The van der Waals surface area contributed by atoms with Crippen LogP contribution in [0.4, 0.5) is 5.69 Å². The minimum atomic E-state index is -0.0428. The maximum Gasteiger partial charge on any atom is 0.234 e. The van der Waals surface area contributed by atoms with Gasteiger partial charge in [-0.15, -0.1) is 23.1 Å². The van der Waals surface area contributed by atoms with Crippen molar-refractivity contribution in [3.63, 3.8) is 0 Å². The molecule has 0 saturated heterocycles. The number of carbonyl (C=O) groups is 1. The molecule has 0 aliphatic carbocycles. The Morgan fingerprint density at radius 1 is 1.07 bits per heavy atom. The van der Waals surface area contributed by atoms with Crippen LogP contribution in [-0.4, -0.2) is 21.6 Å². The van der Waals surface area contributed by atoms with Gasteiger partial charge in [0.05, 0.1) is 11.4 Å². The van der Waals surface area contributed by atoms with E-state index in [0.717, 1.165) is 27.5 Å². The van der Waals surface area contributed by atoms with E-state index in [0.29, 0.717) is 17.4 Å². The molecular weight excluding hydrogens is 390 g/mol. The van der Waals surface area contributed by atoms with Crippen molar-refractivity contribution in [1.82, 2.24) is 9.97 Å². The summed E-state index contributed by atoms with van der Waals surface area (Å²) in [6.45, 7) is 0. The van der Waals surface area contributed by atoms with E-state index in [9.17, 15) is 4.79 Å². The van der Waals surface area contributed by atoms with Gasteiger partial charge in [0.1, 0.15) is 11.3 Å². The van der Waals surface area contributed by atoms with Crippen LogP contribution in [0.1, 0.15) is 5.69 Å². The van der Waals surface area contributed by atoms with Gasteiger partial charge in [0.25, 0.3) is 0 Å². The number of hydrogen-bond acceptors (Lipinski definition) is 6. The van der Waals surface area contributed by atoms with Gasteiger partial charge in [0.2, 0.25) is 11.8 Å². The molecule has 140 valence electrons. The molecule has 2 heterocycles. The molecule has 2 aromatic carbocycles. The van der Waals surface area contributed by atoms with E-state index in [1.54, 1.807) is 23.8 Å². The number of nitrogens with zero attached hydrogens (tertiary/aromatic N) is 2. The summed E-state index contributed by atoms with van der Waals surface area (Å²) < 4.78 is 5.52. The molecule has 0 radical (unpaired) electrons. The molecule has 0 unspecified atom stereocenters. The van der Waals surface area contributed by atoms with Crippen LogP contribution in [0.2, 0.25) is 0 Å². The summed E-state index contributed by atoms with van der Waals surface area (Å²) in [6, 6.07) is 17.5. The zero-order chi connectivity index (χ0) is 19.2. The summed E-state index contributed by atoms with van der Waals surface area (Å²) in [6.07, 6.45) is 3.43. The molecule has 0 saturated carbocycles. The number of nitrogens with one attached hydrogen (secondary N) is 1. The largest absolute Gasteiger partial charge is 0.444 e. The first-order chi connectivity index (χ1) is 13.8. The molecule has 5 nitrogen and oxygen atoms in total. The molecule has 0 aliphatic heterocycles. The number of carbonyl (C=O) groups excluding carboxylic acids is 1. The van der Waals surface area contributed by atoms with Crippen molar-refractivity contribution in [3.8, 4) is 22.0 Å². The fourth-order valence-corrected chi connectivity index (χ4v) is 3.94. The number of oxazole rings is 1. The lowest BCUT2D eigenvalue weighted by atomic mass is 10.2. The third kappa shape index (κ3) is 4.68. The zero-order valence-electron chi connectivity index (χ0n) is 14.9. The quantitative estimate of drug-likeness (QED) is 0.448. The number of benzene rings is 2. The Balaban J connectivity index is 1.25. The van der Waals surface area contributed by atoms with Gasteiger partial charge in [-0.05, 0) is 36.4 Å². The number of hydrogen-bond donors (Lipinski definition) is 1. The number of thioether (sulfide) groups is 1. The molecule has 0 bridgehead atoms. The van der Waals surface area contributed by atoms with Gasteiger partial charge in [0, 0.05) is 34.1 Å². The van der Waals surface area contributed by atoms with Crippen LogP contribution in [0.5, 0.6) is 0 Å². The average molecular weight is 408 g/mol. The van der Waals surface area contributed by atoms with Gasteiger partial charge in [-0.1, -0.05) is 18.2 Å². The van der Waals surface area contributed by atoms with E-state index in [2.05, 4.69) is 15.3 Å². The van der Waals surface area contributed by atoms with Crippen molar-refractivity contribution in [3.05, 3.63) is 78.1 Å². The molecule has 1 N–H and O–H groups in total. The molecule has 0 atom stereocenters. The number of amides is 1. The highest BCUT2D eigenvalue weighted by atomic mass is 32.2. The second kappa shape index (κ2) is 8.86. The third-order valence-electron chi connectivity index (χ3n) is 3.90. The van der Waals surface area contributed by atoms with E-state index >= 15 is 0 Å². The van der Waals surface area contributed by atoms with Gasteiger partial charge >= 0.3 is 0 Å². The van der Waals surface area contributed by atoms with Crippen molar-refractivity contribution in [2.45, 2.75) is 5.75 Å². The van der Waals surface area contributed by atoms with Gasteiger partial charge in [-0.25, -0.2) is 9.97 Å². The van der Waals surface area contributed by atoms with E-state index < -0.39 is 0 Å². The average Bonchev–Trinajstić information content (AvgIpc) is 3.42. The highest BCUT2D eigenvalue weighted by Gasteiger charge is 2.08. The van der Waals surface area contributed by atoms with Crippen LogP contribution < -0.4 is 5.32 Å². The number of aromatic nitrogens is 2. The Morgan fingerprint density at radius 2 is 1.89 bits per heavy atom. The van der Waals surface area contributed by atoms with Gasteiger partial charge in [-0.3, -0.25) is 4.79 Å². The first-order valence-electron chi connectivity index (χ1n) is 8.65. The van der Waals surface area contributed by atoms with Crippen LogP contribution in [0, 0.1) is 0 Å². The SMILES string of the molecule is O=C(CSCc1coc(-c2ccccc2)n1)Nc1ccc(-c2nccs2)cc1. The fraction of sp³-hybridized carbons (Fsp3) is 0.0952. The maximum atomic E-state index is 12.2. The van der Waals surface area contributed by atoms with Gasteiger partial charge < -0.3 is 9.73 Å². The second-order valence-corrected chi connectivity index (χ2v) is 7.85. The lowest BCUT2D eigenvalue weighted by Gasteiger charge is -2.05.